The lowest BCUT2D eigenvalue weighted by atomic mass is 10.0. The first-order valence-electron chi connectivity index (χ1n) is 7.63. The average Bonchev–Trinajstić information content (AvgIpc) is 3.20. The van der Waals surface area contributed by atoms with E-state index in [-0.39, 0.29) is 23.5 Å². The molecule has 1 amide bonds. The minimum absolute atomic E-state index is 0.221. The molecule has 1 saturated carbocycles. The molecule has 4 nitrogen and oxygen atoms in total. The van der Waals surface area contributed by atoms with Gasteiger partial charge in [-0.25, -0.2) is 9.37 Å². The van der Waals surface area contributed by atoms with Gasteiger partial charge in [-0.3, -0.25) is 4.79 Å². The third-order valence-corrected chi connectivity index (χ3v) is 4.43. The zero-order chi connectivity index (χ0) is 16.6. The van der Waals surface area contributed by atoms with Gasteiger partial charge in [-0.2, -0.15) is 0 Å². The Kier molecular flexibility index (Phi) is 4.53. The average molecular weight is 381 g/mol. The smallest absolute Gasteiger partial charge is 0.289 e. The van der Waals surface area contributed by atoms with E-state index in [2.05, 4.69) is 26.2 Å². The van der Waals surface area contributed by atoms with Crippen molar-refractivity contribution < 1.29 is 13.6 Å². The molecule has 0 saturated heterocycles. The quantitative estimate of drug-likeness (QED) is 0.832. The summed E-state index contributed by atoms with van der Waals surface area (Å²) >= 11 is 3.31. The second-order valence-electron chi connectivity index (χ2n) is 6.06. The summed E-state index contributed by atoms with van der Waals surface area (Å²) in [5.74, 6) is 0.629. The van der Waals surface area contributed by atoms with Gasteiger partial charge >= 0.3 is 0 Å². The summed E-state index contributed by atoms with van der Waals surface area (Å²) < 4.78 is 19.7. The Morgan fingerprint density at radius 1 is 1.43 bits per heavy atom. The fourth-order valence-corrected chi connectivity index (χ4v) is 3.19. The number of hydrogen-bond donors (Lipinski definition) is 1. The van der Waals surface area contributed by atoms with Crippen LogP contribution >= 0.6 is 15.9 Å². The van der Waals surface area contributed by atoms with E-state index in [1.54, 1.807) is 13.8 Å². The van der Waals surface area contributed by atoms with Crippen LogP contribution in [0.25, 0.3) is 0 Å². The van der Waals surface area contributed by atoms with Gasteiger partial charge in [-0.15, -0.1) is 0 Å². The SMILES string of the molecule is Cc1nc(C)c(C(=O)NC(CC2CC2)c2cc(F)cc(Br)c2)o1. The second kappa shape index (κ2) is 6.43. The van der Waals surface area contributed by atoms with Crippen LogP contribution in [-0.4, -0.2) is 10.9 Å². The topological polar surface area (TPSA) is 55.1 Å². The first-order valence-corrected chi connectivity index (χ1v) is 8.42. The van der Waals surface area contributed by atoms with Crippen molar-refractivity contribution in [3.05, 3.63) is 51.4 Å². The molecule has 1 aliphatic carbocycles. The lowest BCUT2D eigenvalue weighted by Gasteiger charge is -2.19. The highest BCUT2D eigenvalue weighted by atomic mass is 79.9. The molecule has 0 radical (unpaired) electrons. The Hall–Kier alpha value is -1.69. The van der Waals surface area contributed by atoms with E-state index in [0.29, 0.717) is 22.0 Å². The lowest BCUT2D eigenvalue weighted by Crippen LogP contribution is -2.29. The van der Waals surface area contributed by atoms with Crippen LogP contribution in [0.5, 0.6) is 0 Å². The van der Waals surface area contributed by atoms with Gasteiger partial charge in [0.2, 0.25) is 5.76 Å². The normalized spacial score (nSPS) is 15.5. The maximum atomic E-state index is 13.7. The zero-order valence-electron chi connectivity index (χ0n) is 13.0. The number of amides is 1. The molecule has 3 rings (SSSR count). The van der Waals surface area contributed by atoms with Crippen molar-refractivity contribution in [1.82, 2.24) is 10.3 Å². The molecule has 2 aromatic rings. The Morgan fingerprint density at radius 3 is 2.74 bits per heavy atom. The maximum absolute atomic E-state index is 13.7. The van der Waals surface area contributed by atoms with Crippen LogP contribution in [0.2, 0.25) is 0 Å². The van der Waals surface area contributed by atoms with E-state index in [9.17, 15) is 9.18 Å². The lowest BCUT2D eigenvalue weighted by molar-refractivity contribution is 0.0903. The van der Waals surface area contributed by atoms with Crippen LogP contribution in [0.1, 0.15) is 53.0 Å². The molecule has 0 spiro atoms. The fourth-order valence-electron chi connectivity index (χ4n) is 2.71. The third-order valence-electron chi connectivity index (χ3n) is 3.97. The standard InChI is InChI=1S/C17H18BrFN2O2/c1-9-16(23-10(2)20-9)17(22)21-15(5-11-3-4-11)12-6-13(18)8-14(19)7-12/h6-8,11,15H,3-5H2,1-2H3,(H,21,22). The summed E-state index contributed by atoms with van der Waals surface area (Å²) in [6.07, 6.45) is 3.11. The summed E-state index contributed by atoms with van der Waals surface area (Å²) in [4.78, 5) is 16.6. The number of halogens is 2. The van der Waals surface area contributed by atoms with Crippen molar-refractivity contribution in [3.8, 4) is 0 Å². The van der Waals surface area contributed by atoms with E-state index in [1.165, 1.54) is 12.1 Å². The molecule has 0 bridgehead atoms. The highest BCUT2D eigenvalue weighted by molar-refractivity contribution is 9.10. The number of rotatable bonds is 5. The number of hydrogen-bond acceptors (Lipinski definition) is 3. The molecule has 1 aromatic carbocycles. The molecular weight excluding hydrogens is 363 g/mol. The van der Waals surface area contributed by atoms with Crippen LogP contribution in [0, 0.1) is 25.6 Å². The van der Waals surface area contributed by atoms with Crippen LogP contribution in [-0.2, 0) is 0 Å². The van der Waals surface area contributed by atoms with Crippen molar-refractivity contribution in [2.45, 2.75) is 39.2 Å². The van der Waals surface area contributed by atoms with Gasteiger partial charge in [-0.05, 0) is 43.0 Å². The molecule has 1 atom stereocenters. The highest BCUT2D eigenvalue weighted by Gasteiger charge is 2.29. The third kappa shape index (κ3) is 3.99. The van der Waals surface area contributed by atoms with E-state index in [4.69, 9.17) is 4.42 Å². The predicted molar refractivity (Wildman–Crippen MR) is 87.6 cm³/mol. The Bertz CT molecular complexity index is 720. The van der Waals surface area contributed by atoms with Crippen LogP contribution in [0.15, 0.2) is 27.1 Å². The zero-order valence-corrected chi connectivity index (χ0v) is 14.6. The van der Waals surface area contributed by atoms with Crippen molar-refractivity contribution in [2.24, 2.45) is 5.92 Å². The molecule has 1 unspecified atom stereocenters. The number of aryl methyl sites for hydroxylation is 2. The number of carbonyl (C=O) groups excluding carboxylic acids is 1. The molecule has 1 N–H and O–H groups in total. The van der Waals surface area contributed by atoms with Gasteiger partial charge in [0.1, 0.15) is 5.82 Å². The fraction of sp³-hybridized carbons (Fsp3) is 0.412. The van der Waals surface area contributed by atoms with Crippen LogP contribution in [0.3, 0.4) is 0 Å². The monoisotopic (exact) mass is 380 g/mol. The molecule has 1 heterocycles. The Morgan fingerprint density at radius 2 is 2.17 bits per heavy atom. The first kappa shape index (κ1) is 16.2. The molecule has 0 aliphatic heterocycles. The minimum atomic E-state index is -0.323. The van der Waals surface area contributed by atoms with Crippen molar-refractivity contribution in [3.63, 3.8) is 0 Å². The number of carbonyl (C=O) groups is 1. The van der Waals surface area contributed by atoms with E-state index >= 15 is 0 Å². The van der Waals surface area contributed by atoms with Crippen molar-refractivity contribution in [1.29, 1.82) is 0 Å². The minimum Gasteiger partial charge on any atom is -0.436 e. The van der Waals surface area contributed by atoms with Gasteiger partial charge in [-0.1, -0.05) is 28.8 Å². The molecule has 1 aromatic heterocycles. The van der Waals surface area contributed by atoms with E-state index in [1.807, 2.05) is 6.07 Å². The number of oxazole rings is 1. The van der Waals surface area contributed by atoms with Gasteiger partial charge in [0.15, 0.2) is 5.89 Å². The first-order chi connectivity index (χ1) is 10.9. The predicted octanol–water partition coefficient (Wildman–Crippen LogP) is 4.46. The van der Waals surface area contributed by atoms with Gasteiger partial charge in [0.25, 0.3) is 5.91 Å². The van der Waals surface area contributed by atoms with Crippen molar-refractivity contribution >= 4 is 21.8 Å². The second-order valence-corrected chi connectivity index (χ2v) is 6.97. The number of benzene rings is 1. The molecule has 6 heteroatoms. The number of nitrogens with zero attached hydrogens (tertiary/aromatic N) is 1. The Balaban J connectivity index is 1.84. The highest BCUT2D eigenvalue weighted by Crippen LogP contribution is 2.38. The molecule has 1 aliphatic rings. The van der Waals surface area contributed by atoms with Crippen LogP contribution < -0.4 is 5.32 Å². The number of nitrogens with one attached hydrogen (secondary N) is 1. The molecule has 23 heavy (non-hydrogen) atoms. The largest absolute Gasteiger partial charge is 0.436 e. The van der Waals surface area contributed by atoms with E-state index in [0.717, 1.165) is 24.8 Å². The van der Waals surface area contributed by atoms with Gasteiger partial charge in [0, 0.05) is 11.4 Å². The van der Waals surface area contributed by atoms with Gasteiger partial charge in [0.05, 0.1) is 11.7 Å². The summed E-state index contributed by atoms with van der Waals surface area (Å²) in [5.41, 5.74) is 1.32. The Labute approximate surface area is 142 Å². The summed E-state index contributed by atoms with van der Waals surface area (Å²) in [6.45, 7) is 3.44. The van der Waals surface area contributed by atoms with Crippen molar-refractivity contribution in [2.75, 3.05) is 0 Å². The number of aromatic nitrogens is 1. The summed E-state index contributed by atoms with van der Waals surface area (Å²) in [5, 5.41) is 2.97. The summed E-state index contributed by atoms with van der Waals surface area (Å²) in [7, 11) is 0. The van der Waals surface area contributed by atoms with Crippen LogP contribution in [0.4, 0.5) is 4.39 Å². The molecule has 1 fully saturated rings. The molecule has 122 valence electrons. The van der Waals surface area contributed by atoms with E-state index < -0.39 is 0 Å². The molecular formula is C17H18BrFN2O2. The van der Waals surface area contributed by atoms with Gasteiger partial charge < -0.3 is 9.73 Å². The summed E-state index contributed by atoms with van der Waals surface area (Å²) in [6, 6.07) is 4.47. The maximum Gasteiger partial charge on any atom is 0.289 e.